The second-order valence-corrected chi connectivity index (χ2v) is 3.42. The maximum atomic E-state index is 4.27. The molecular weight excluding hydrogens is 176 g/mol. The van der Waals surface area contributed by atoms with E-state index in [9.17, 15) is 0 Å². The van der Waals surface area contributed by atoms with Crippen molar-refractivity contribution < 1.29 is 0 Å². The van der Waals surface area contributed by atoms with Gasteiger partial charge in [0, 0.05) is 18.8 Å². The lowest BCUT2D eigenvalue weighted by atomic mass is 10.1. The minimum absolute atomic E-state index is 0.885. The average molecular weight is 188 g/mol. The molecule has 0 unspecified atom stereocenters. The molecule has 0 fully saturated rings. The molecule has 14 heavy (non-hydrogen) atoms. The van der Waals surface area contributed by atoms with Gasteiger partial charge in [0.15, 0.2) is 0 Å². The monoisotopic (exact) mass is 188 g/mol. The van der Waals surface area contributed by atoms with Crippen LogP contribution in [0.4, 0.5) is 0 Å². The van der Waals surface area contributed by atoms with Crippen molar-refractivity contribution in [3.8, 4) is 11.3 Å². The van der Waals surface area contributed by atoms with Crippen LogP contribution in [-0.2, 0) is 7.05 Å². The first-order valence-electron chi connectivity index (χ1n) is 4.47. The number of hydrogen-bond acceptors (Lipinski definition) is 3. The number of nitrogens with zero attached hydrogens (tertiary/aromatic N) is 4. The van der Waals surface area contributed by atoms with Crippen LogP contribution in [0.1, 0.15) is 11.3 Å². The summed E-state index contributed by atoms with van der Waals surface area (Å²) in [5, 5.41) is 12.3. The topological polar surface area (TPSA) is 43.6 Å². The van der Waals surface area contributed by atoms with Gasteiger partial charge in [-0.1, -0.05) is 0 Å². The van der Waals surface area contributed by atoms with Gasteiger partial charge in [-0.3, -0.25) is 4.68 Å². The lowest BCUT2D eigenvalue weighted by molar-refractivity contribution is 0.756. The summed E-state index contributed by atoms with van der Waals surface area (Å²) in [5.41, 5.74) is 4.02. The molecule has 0 spiro atoms. The zero-order valence-electron chi connectivity index (χ0n) is 8.52. The molecule has 72 valence electrons. The van der Waals surface area contributed by atoms with Gasteiger partial charge in [0.2, 0.25) is 0 Å². The molecular formula is C10H12N4. The summed E-state index contributed by atoms with van der Waals surface area (Å²) in [6.45, 7) is 3.98. The van der Waals surface area contributed by atoms with Gasteiger partial charge in [-0.15, -0.1) is 0 Å². The Balaban J connectivity index is 2.54. The van der Waals surface area contributed by atoms with Crippen LogP contribution in [0.15, 0.2) is 18.5 Å². The SMILES string of the molecule is Cc1cnnc(-c2cn(C)nc2C)c1. The van der Waals surface area contributed by atoms with Crippen LogP contribution < -0.4 is 0 Å². The van der Waals surface area contributed by atoms with E-state index in [1.165, 1.54) is 0 Å². The molecule has 0 bridgehead atoms. The summed E-state index contributed by atoms with van der Waals surface area (Å²) >= 11 is 0. The summed E-state index contributed by atoms with van der Waals surface area (Å²) < 4.78 is 1.79. The molecule has 2 rings (SSSR count). The molecule has 0 aliphatic carbocycles. The molecule has 0 atom stereocenters. The molecule has 0 N–H and O–H groups in total. The average Bonchev–Trinajstić information content (AvgIpc) is 2.45. The molecule has 0 aromatic carbocycles. The Kier molecular flexibility index (Phi) is 2.04. The van der Waals surface area contributed by atoms with E-state index < -0.39 is 0 Å². The third kappa shape index (κ3) is 1.51. The summed E-state index contributed by atoms with van der Waals surface area (Å²) in [4.78, 5) is 0. The van der Waals surface area contributed by atoms with E-state index in [0.717, 1.165) is 22.5 Å². The highest BCUT2D eigenvalue weighted by molar-refractivity contribution is 5.60. The van der Waals surface area contributed by atoms with Crippen molar-refractivity contribution in [1.29, 1.82) is 0 Å². The third-order valence-electron chi connectivity index (χ3n) is 2.08. The number of rotatable bonds is 1. The normalized spacial score (nSPS) is 10.5. The minimum atomic E-state index is 0.885. The Labute approximate surface area is 82.6 Å². The van der Waals surface area contributed by atoms with Gasteiger partial charge in [0.25, 0.3) is 0 Å². The predicted octanol–water partition coefficient (Wildman–Crippen LogP) is 1.49. The van der Waals surface area contributed by atoms with E-state index in [0.29, 0.717) is 0 Å². The second kappa shape index (κ2) is 3.21. The maximum absolute atomic E-state index is 4.27. The van der Waals surface area contributed by atoms with E-state index >= 15 is 0 Å². The van der Waals surface area contributed by atoms with Gasteiger partial charge in [0.1, 0.15) is 0 Å². The van der Waals surface area contributed by atoms with Crippen LogP contribution in [0.3, 0.4) is 0 Å². The van der Waals surface area contributed by atoms with Gasteiger partial charge < -0.3 is 0 Å². The fraction of sp³-hybridized carbons (Fsp3) is 0.300. The standard InChI is InChI=1S/C10H12N4/c1-7-4-10(12-11-5-7)9-6-14(3)13-8(9)2/h4-6H,1-3H3. The molecule has 0 saturated carbocycles. The van der Waals surface area contributed by atoms with Crippen molar-refractivity contribution >= 4 is 0 Å². The van der Waals surface area contributed by atoms with E-state index in [-0.39, 0.29) is 0 Å². The first-order chi connectivity index (χ1) is 6.66. The van der Waals surface area contributed by atoms with E-state index in [4.69, 9.17) is 0 Å². The van der Waals surface area contributed by atoms with Gasteiger partial charge in [0.05, 0.1) is 17.6 Å². The summed E-state index contributed by atoms with van der Waals surface area (Å²) in [5.74, 6) is 0. The number of hydrogen-bond donors (Lipinski definition) is 0. The Morgan fingerprint density at radius 1 is 1.29 bits per heavy atom. The molecule has 0 aliphatic rings. The molecule has 0 radical (unpaired) electrons. The van der Waals surface area contributed by atoms with Crippen LogP contribution >= 0.6 is 0 Å². The van der Waals surface area contributed by atoms with Crippen LogP contribution in [-0.4, -0.2) is 20.0 Å². The van der Waals surface area contributed by atoms with Crippen molar-refractivity contribution in [1.82, 2.24) is 20.0 Å². The first-order valence-corrected chi connectivity index (χ1v) is 4.47. The zero-order valence-corrected chi connectivity index (χ0v) is 8.52. The third-order valence-corrected chi connectivity index (χ3v) is 2.08. The highest BCUT2D eigenvalue weighted by Crippen LogP contribution is 2.19. The quantitative estimate of drug-likeness (QED) is 0.681. The lowest BCUT2D eigenvalue weighted by Crippen LogP contribution is -1.88. The van der Waals surface area contributed by atoms with Crippen molar-refractivity contribution in [3.05, 3.63) is 29.7 Å². The van der Waals surface area contributed by atoms with Crippen LogP contribution in [0.25, 0.3) is 11.3 Å². The predicted molar refractivity (Wildman–Crippen MR) is 53.7 cm³/mol. The maximum Gasteiger partial charge on any atom is 0.0966 e. The molecule has 4 heteroatoms. The Morgan fingerprint density at radius 2 is 2.07 bits per heavy atom. The van der Waals surface area contributed by atoms with Crippen LogP contribution in [0.2, 0.25) is 0 Å². The summed E-state index contributed by atoms with van der Waals surface area (Å²) in [6.07, 6.45) is 3.70. The fourth-order valence-electron chi connectivity index (χ4n) is 1.45. The summed E-state index contributed by atoms with van der Waals surface area (Å²) in [7, 11) is 1.90. The molecule has 4 nitrogen and oxygen atoms in total. The molecule has 0 amide bonds. The van der Waals surface area contributed by atoms with Crippen LogP contribution in [0.5, 0.6) is 0 Å². The fourth-order valence-corrected chi connectivity index (χ4v) is 1.45. The minimum Gasteiger partial charge on any atom is -0.275 e. The molecule has 0 saturated heterocycles. The van der Waals surface area contributed by atoms with Crippen molar-refractivity contribution in [2.75, 3.05) is 0 Å². The highest BCUT2D eigenvalue weighted by Gasteiger charge is 2.07. The Bertz CT molecular complexity index is 459. The molecule has 2 heterocycles. The van der Waals surface area contributed by atoms with Gasteiger partial charge >= 0.3 is 0 Å². The largest absolute Gasteiger partial charge is 0.275 e. The van der Waals surface area contributed by atoms with Crippen molar-refractivity contribution in [2.24, 2.45) is 7.05 Å². The lowest BCUT2D eigenvalue weighted by Gasteiger charge is -1.97. The summed E-state index contributed by atoms with van der Waals surface area (Å²) in [6, 6.07) is 2.01. The van der Waals surface area contributed by atoms with Gasteiger partial charge in [-0.2, -0.15) is 15.3 Å². The molecule has 2 aromatic rings. The molecule has 0 aliphatic heterocycles. The highest BCUT2D eigenvalue weighted by atomic mass is 15.3. The zero-order chi connectivity index (χ0) is 10.1. The van der Waals surface area contributed by atoms with E-state index in [1.54, 1.807) is 10.9 Å². The number of aromatic nitrogens is 4. The number of aryl methyl sites for hydroxylation is 3. The second-order valence-electron chi connectivity index (χ2n) is 3.42. The Hall–Kier alpha value is -1.71. The Morgan fingerprint density at radius 3 is 2.64 bits per heavy atom. The van der Waals surface area contributed by atoms with Crippen LogP contribution in [0, 0.1) is 13.8 Å². The van der Waals surface area contributed by atoms with Gasteiger partial charge in [-0.05, 0) is 25.5 Å². The van der Waals surface area contributed by atoms with Crippen molar-refractivity contribution in [2.45, 2.75) is 13.8 Å². The van der Waals surface area contributed by atoms with E-state index in [2.05, 4.69) is 15.3 Å². The molecule has 2 aromatic heterocycles. The van der Waals surface area contributed by atoms with Crippen molar-refractivity contribution in [3.63, 3.8) is 0 Å². The first kappa shape index (κ1) is 8.87. The smallest absolute Gasteiger partial charge is 0.0966 e. The van der Waals surface area contributed by atoms with Gasteiger partial charge in [-0.25, -0.2) is 0 Å². The van der Waals surface area contributed by atoms with E-state index in [1.807, 2.05) is 33.2 Å².